The number of fused-ring (bicyclic) bond motifs is 4. The van der Waals surface area contributed by atoms with Crippen molar-refractivity contribution < 1.29 is 26.8 Å². The van der Waals surface area contributed by atoms with Crippen LogP contribution in [0.1, 0.15) is 50.7 Å². The molecule has 0 heterocycles. The summed E-state index contributed by atoms with van der Waals surface area (Å²) in [4.78, 5) is 0. The Morgan fingerprint density at radius 1 is 0.647 bits per heavy atom. The molecule has 2 heteroatoms. The molecule has 0 aromatic heterocycles. The Morgan fingerprint density at radius 2 is 1.24 bits per heavy atom. The molecule has 1 radical (unpaired) electrons. The van der Waals surface area contributed by atoms with Gasteiger partial charge in [-0.1, -0.05) is 99.5 Å². The molecule has 0 saturated carbocycles. The van der Waals surface area contributed by atoms with Crippen LogP contribution in [0.5, 0.6) is 5.75 Å². The Hall–Kier alpha value is -2.35. The fourth-order valence-corrected chi connectivity index (χ4v) is 5.63. The van der Waals surface area contributed by atoms with Gasteiger partial charge in [0.1, 0.15) is 5.75 Å². The van der Waals surface area contributed by atoms with Gasteiger partial charge in [0, 0.05) is 16.4 Å². The zero-order valence-electron chi connectivity index (χ0n) is 21.3. The molecule has 4 aromatic carbocycles. The van der Waals surface area contributed by atoms with Gasteiger partial charge in [-0.2, -0.15) is 0 Å². The van der Waals surface area contributed by atoms with Crippen LogP contribution in [0.25, 0.3) is 33.0 Å². The van der Waals surface area contributed by atoms with Crippen molar-refractivity contribution in [3.63, 3.8) is 0 Å². The molecule has 0 unspecified atom stereocenters. The second-order valence-electron chi connectivity index (χ2n) is 8.57. The summed E-state index contributed by atoms with van der Waals surface area (Å²) in [6.07, 6.45) is 4.61. The molecule has 0 amide bonds. The Balaban J connectivity index is 0.00000144. The molecule has 4 aromatic rings. The number of benzene rings is 4. The molecule has 1 N–H and O–H groups in total. The molecule has 0 spiro atoms. The molecule has 1 aliphatic rings. The maximum atomic E-state index is 11.1. The zero-order chi connectivity index (χ0) is 20.7. The molecule has 0 saturated heterocycles. The molecular formula is C32H37OTi. The third-order valence-electron chi connectivity index (χ3n) is 6.83. The summed E-state index contributed by atoms with van der Waals surface area (Å²) < 4.78 is 0. The predicted molar refractivity (Wildman–Crippen MR) is 146 cm³/mol. The van der Waals surface area contributed by atoms with E-state index in [0.29, 0.717) is 5.75 Å². The van der Waals surface area contributed by atoms with Crippen LogP contribution >= 0.6 is 0 Å². The summed E-state index contributed by atoms with van der Waals surface area (Å²) in [6.45, 7) is 4.58. The monoisotopic (exact) mass is 485 g/mol. The van der Waals surface area contributed by atoms with Crippen molar-refractivity contribution in [1.29, 1.82) is 0 Å². The van der Waals surface area contributed by atoms with Crippen molar-refractivity contribution in [2.24, 2.45) is 0 Å². The van der Waals surface area contributed by atoms with Crippen molar-refractivity contribution in [3.8, 4) is 28.0 Å². The van der Waals surface area contributed by atoms with Gasteiger partial charge < -0.3 is 27.4 Å². The van der Waals surface area contributed by atoms with Gasteiger partial charge >= 0.3 is 21.7 Å². The van der Waals surface area contributed by atoms with Crippen LogP contribution in [-0.2, 0) is 27.1 Å². The van der Waals surface area contributed by atoms with Crippen LogP contribution in [0, 0.1) is 22.3 Å². The Morgan fingerprint density at radius 3 is 1.94 bits per heavy atom. The molecule has 175 valence electrons. The van der Waals surface area contributed by atoms with Crippen molar-refractivity contribution >= 4 is 10.8 Å². The molecule has 0 fully saturated rings. The van der Waals surface area contributed by atoms with Gasteiger partial charge in [0.05, 0.1) is 0 Å². The van der Waals surface area contributed by atoms with Gasteiger partial charge in [-0.15, -0.1) is 0 Å². The van der Waals surface area contributed by atoms with Gasteiger partial charge in [-0.05, 0) is 52.1 Å². The molecule has 34 heavy (non-hydrogen) atoms. The van der Waals surface area contributed by atoms with E-state index in [2.05, 4.69) is 68.4 Å². The first-order valence-corrected chi connectivity index (χ1v) is 11.1. The van der Waals surface area contributed by atoms with Gasteiger partial charge in [0.15, 0.2) is 0 Å². The third kappa shape index (κ3) is 4.49. The molecule has 1 aliphatic carbocycles. The fraction of sp³-hybridized carbons (Fsp3) is 0.219. The van der Waals surface area contributed by atoms with Crippen molar-refractivity contribution in [2.75, 3.05) is 0 Å². The van der Waals surface area contributed by atoms with Crippen molar-refractivity contribution in [2.45, 2.75) is 44.9 Å². The van der Waals surface area contributed by atoms with Gasteiger partial charge in [0.2, 0.25) is 0 Å². The smallest absolute Gasteiger partial charge is 0.507 e. The summed E-state index contributed by atoms with van der Waals surface area (Å²) >= 11 is 0. The summed E-state index contributed by atoms with van der Waals surface area (Å²) in [5.41, 5.74) is 7.72. The van der Waals surface area contributed by atoms with Gasteiger partial charge in [0.25, 0.3) is 0 Å². The van der Waals surface area contributed by atoms with Gasteiger partial charge in [-0.25, -0.2) is 0 Å². The number of rotatable bonds is 5. The van der Waals surface area contributed by atoms with Crippen LogP contribution in [-0.4, -0.2) is 5.11 Å². The molecule has 0 atom stereocenters. The van der Waals surface area contributed by atoms with E-state index in [1.54, 1.807) is 0 Å². The van der Waals surface area contributed by atoms with Crippen LogP contribution in [0.15, 0.2) is 78.9 Å². The number of hydrogen-bond donors (Lipinski definition) is 1. The summed E-state index contributed by atoms with van der Waals surface area (Å²) in [6, 6.07) is 27.9. The minimum Gasteiger partial charge on any atom is -0.507 e. The van der Waals surface area contributed by atoms with Crippen molar-refractivity contribution in [3.05, 3.63) is 112 Å². The van der Waals surface area contributed by atoms with Gasteiger partial charge in [-0.3, -0.25) is 0 Å². The Bertz CT molecular complexity index is 1230. The standard InChI is InChI=1S/C29H28O.3CH3.Ti/c1-3-17-29(18-4-2)26-12-8-7-11-24(26)25-16-14-21(19-27(25)29)23-15-13-20-9-5-6-10-22(20)28(23)30;;;;/h5-16,19,30H,3-4,17-18H2,1-2H3;3*1H3;/q;3*-1;+3. The largest absolute Gasteiger partial charge is 3.00 e. The van der Waals surface area contributed by atoms with E-state index in [0.717, 1.165) is 47.6 Å². The van der Waals surface area contributed by atoms with E-state index in [-0.39, 0.29) is 49.4 Å². The Kier molecular flexibility index (Phi) is 10.4. The van der Waals surface area contributed by atoms with Crippen LogP contribution < -0.4 is 0 Å². The topological polar surface area (TPSA) is 20.2 Å². The van der Waals surface area contributed by atoms with Crippen molar-refractivity contribution in [1.82, 2.24) is 0 Å². The number of phenols is 1. The average molecular weight is 486 g/mol. The van der Waals surface area contributed by atoms with E-state index >= 15 is 0 Å². The molecule has 0 aliphatic heterocycles. The third-order valence-corrected chi connectivity index (χ3v) is 6.83. The van der Waals surface area contributed by atoms with Crippen LogP contribution in [0.3, 0.4) is 0 Å². The number of hydrogen-bond acceptors (Lipinski definition) is 1. The maximum Gasteiger partial charge on any atom is 3.00 e. The van der Waals surface area contributed by atoms with Crippen LogP contribution in [0.4, 0.5) is 0 Å². The first-order valence-electron chi connectivity index (χ1n) is 11.1. The Labute approximate surface area is 222 Å². The molecule has 1 nitrogen and oxygen atoms in total. The second-order valence-corrected chi connectivity index (χ2v) is 8.57. The second kappa shape index (κ2) is 11.9. The minimum absolute atomic E-state index is 0. The summed E-state index contributed by atoms with van der Waals surface area (Å²) in [5, 5.41) is 13.0. The fourth-order valence-electron chi connectivity index (χ4n) is 5.63. The molecule has 5 rings (SSSR count). The van der Waals surface area contributed by atoms with E-state index in [1.165, 1.54) is 22.3 Å². The molecule has 0 bridgehead atoms. The SMILES string of the molecule is CCCC1(CCC)c2ccccc2-c2ccc(-c3ccc4ccccc4c3O)cc21.[CH3-].[CH3-].[CH3-].[Ti+3]. The first kappa shape index (κ1) is 29.7. The normalized spacial score (nSPS) is 12.3. The van der Waals surface area contributed by atoms with Crippen LogP contribution in [0.2, 0.25) is 0 Å². The summed E-state index contributed by atoms with van der Waals surface area (Å²) in [7, 11) is 0. The van der Waals surface area contributed by atoms with E-state index in [9.17, 15) is 5.11 Å². The number of phenolic OH excluding ortho intramolecular Hbond substituents is 1. The van der Waals surface area contributed by atoms with E-state index in [4.69, 9.17) is 0 Å². The summed E-state index contributed by atoms with van der Waals surface area (Å²) in [5.74, 6) is 0.375. The average Bonchev–Trinajstić information content (AvgIpc) is 3.04. The predicted octanol–water partition coefficient (Wildman–Crippen LogP) is 9.43. The minimum atomic E-state index is 0. The molecular weight excluding hydrogens is 448 g/mol. The van der Waals surface area contributed by atoms with E-state index in [1.807, 2.05) is 24.3 Å². The zero-order valence-corrected chi connectivity index (χ0v) is 22.8. The maximum absolute atomic E-state index is 11.1. The number of aromatic hydroxyl groups is 1. The quantitative estimate of drug-likeness (QED) is 0.220. The van der Waals surface area contributed by atoms with E-state index < -0.39 is 0 Å². The first-order chi connectivity index (χ1) is 14.7.